The minimum atomic E-state index is -3.23. The van der Waals surface area contributed by atoms with Crippen molar-refractivity contribution in [1.29, 1.82) is 0 Å². The number of methoxy groups -OCH3 is 1. The third-order valence-corrected chi connectivity index (χ3v) is 4.11. The molecule has 1 aromatic carbocycles. The van der Waals surface area contributed by atoms with Crippen molar-refractivity contribution in [3.8, 4) is 11.5 Å². The van der Waals surface area contributed by atoms with E-state index in [9.17, 15) is 18.3 Å². The largest absolute Gasteiger partial charge is 0.504 e. The van der Waals surface area contributed by atoms with E-state index < -0.39 is 21.8 Å². The van der Waals surface area contributed by atoms with Gasteiger partial charge in [0.1, 0.15) is 0 Å². The Morgan fingerprint density at radius 2 is 2.21 bits per heavy atom. The number of ether oxygens (including phenoxy) is 1. The average Bonchev–Trinajstić information content (AvgIpc) is 2.68. The summed E-state index contributed by atoms with van der Waals surface area (Å²) in [7, 11) is -1.85. The maximum absolute atomic E-state index is 11.9. The first-order chi connectivity index (χ1) is 8.93. The van der Waals surface area contributed by atoms with Gasteiger partial charge in [-0.2, -0.15) is 0 Å². The molecule has 1 aliphatic rings. The van der Waals surface area contributed by atoms with E-state index >= 15 is 0 Å². The molecule has 0 aromatic heterocycles. The summed E-state index contributed by atoms with van der Waals surface area (Å²) in [4.78, 5) is 11.9. The lowest BCUT2D eigenvalue weighted by atomic mass is 10.1. The summed E-state index contributed by atoms with van der Waals surface area (Å²) in [5.74, 6) is -0.804. The third kappa shape index (κ3) is 2.87. The van der Waals surface area contributed by atoms with Gasteiger partial charge in [0.25, 0.3) is 5.91 Å². The Kier molecular flexibility index (Phi) is 3.48. The molecule has 0 spiro atoms. The number of aromatic hydroxyl groups is 1. The molecule has 0 aliphatic carbocycles. The molecule has 19 heavy (non-hydrogen) atoms. The van der Waals surface area contributed by atoms with Crippen molar-refractivity contribution >= 4 is 15.7 Å². The van der Waals surface area contributed by atoms with Gasteiger partial charge < -0.3 is 15.2 Å². The van der Waals surface area contributed by atoms with Crippen LogP contribution < -0.4 is 10.1 Å². The van der Waals surface area contributed by atoms with Crippen molar-refractivity contribution in [2.24, 2.45) is 0 Å². The van der Waals surface area contributed by atoms with Crippen molar-refractivity contribution in [2.75, 3.05) is 12.9 Å². The van der Waals surface area contributed by atoms with Gasteiger partial charge in [0, 0.05) is 5.41 Å². The SMILES string of the molecule is COc1cccc(C(=O)NC2C=CS(=O)(=O)C2)c1O. The highest BCUT2D eigenvalue weighted by atomic mass is 32.2. The Balaban J connectivity index is 2.16. The van der Waals surface area contributed by atoms with E-state index in [1.165, 1.54) is 25.3 Å². The van der Waals surface area contributed by atoms with Gasteiger partial charge in [-0.1, -0.05) is 6.07 Å². The lowest BCUT2D eigenvalue weighted by Crippen LogP contribution is -2.35. The summed E-state index contributed by atoms with van der Waals surface area (Å²) in [6, 6.07) is 3.93. The molecule has 1 aliphatic heterocycles. The van der Waals surface area contributed by atoms with Crippen molar-refractivity contribution in [3.63, 3.8) is 0 Å². The predicted octanol–water partition coefficient (Wildman–Crippen LogP) is 0.441. The van der Waals surface area contributed by atoms with E-state index in [-0.39, 0.29) is 22.8 Å². The summed E-state index contributed by atoms with van der Waals surface area (Å²) >= 11 is 0. The molecule has 0 saturated heterocycles. The fraction of sp³-hybridized carbons (Fsp3) is 0.250. The molecule has 0 saturated carbocycles. The van der Waals surface area contributed by atoms with Gasteiger partial charge in [-0.25, -0.2) is 8.42 Å². The fourth-order valence-electron chi connectivity index (χ4n) is 1.78. The Morgan fingerprint density at radius 1 is 1.47 bits per heavy atom. The molecule has 1 heterocycles. The van der Waals surface area contributed by atoms with Crippen LogP contribution in [0.1, 0.15) is 10.4 Å². The van der Waals surface area contributed by atoms with Gasteiger partial charge >= 0.3 is 0 Å². The fourth-order valence-corrected chi connectivity index (χ4v) is 3.02. The first-order valence-electron chi connectivity index (χ1n) is 5.51. The zero-order valence-corrected chi connectivity index (χ0v) is 11.0. The van der Waals surface area contributed by atoms with Crippen LogP contribution in [-0.2, 0) is 9.84 Å². The van der Waals surface area contributed by atoms with Crippen molar-refractivity contribution in [1.82, 2.24) is 5.32 Å². The number of benzene rings is 1. The van der Waals surface area contributed by atoms with Gasteiger partial charge in [-0.3, -0.25) is 4.79 Å². The van der Waals surface area contributed by atoms with Crippen LogP contribution in [0.2, 0.25) is 0 Å². The second-order valence-electron chi connectivity index (χ2n) is 4.09. The summed E-state index contributed by atoms with van der Waals surface area (Å²) in [5.41, 5.74) is 0.0389. The lowest BCUT2D eigenvalue weighted by molar-refractivity contribution is 0.0944. The Labute approximate surface area is 110 Å². The van der Waals surface area contributed by atoms with Gasteiger partial charge in [0.15, 0.2) is 21.3 Å². The Bertz CT molecular complexity index is 636. The summed E-state index contributed by atoms with van der Waals surface area (Å²) in [5, 5.41) is 13.4. The Hall–Kier alpha value is -2.02. The lowest BCUT2D eigenvalue weighted by Gasteiger charge is -2.12. The van der Waals surface area contributed by atoms with E-state index in [1.807, 2.05) is 0 Å². The molecule has 0 radical (unpaired) electrons. The second-order valence-corrected chi connectivity index (χ2v) is 6.03. The molecule has 0 bridgehead atoms. The number of phenolic OH excluding ortho intramolecular Hbond substituents is 1. The maximum Gasteiger partial charge on any atom is 0.255 e. The third-order valence-electron chi connectivity index (χ3n) is 2.71. The Morgan fingerprint density at radius 3 is 2.79 bits per heavy atom. The molecule has 0 fully saturated rings. The van der Waals surface area contributed by atoms with Gasteiger partial charge in [-0.15, -0.1) is 0 Å². The zero-order valence-electron chi connectivity index (χ0n) is 10.2. The van der Waals surface area contributed by atoms with Crippen LogP contribution in [-0.4, -0.2) is 38.3 Å². The normalized spacial score (nSPS) is 20.2. The van der Waals surface area contributed by atoms with Crippen LogP contribution in [0.4, 0.5) is 0 Å². The highest BCUT2D eigenvalue weighted by molar-refractivity contribution is 7.94. The van der Waals surface area contributed by atoms with Crippen LogP contribution in [0, 0.1) is 0 Å². The van der Waals surface area contributed by atoms with E-state index in [2.05, 4.69) is 5.32 Å². The number of para-hydroxylation sites is 1. The predicted molar refractivity (Wildman–Crippen MR) is 68.8 cm³/mol. The van der Waals surface area contributed by atoms with Gasteiger partial charge in [0.05, 0.1) is 24.5 Å². The molecule has 102 valence electrons. The number of hydrogen-bond donors (Lipinski definition) is 2. The molecule has 1 unspecified atom stereocenters. The number of carbonyl (C=O) groups is 1. The highest BCUT2D eigenvalue weighted by Crippen LogP contribution is 2.29. The van der Waals surface area contributed by atoms with E-state index in [0.717, 1.165) is 5.41 Å². The summed E-state index contributed by atoms with van der Waals surface area (Å²) in [6.45, 7) is 0. The molecule has 7 heteroatoms. The first-order valence-corrected chi connectivity index (χ1v) is 7.22. The second kappa shape index (κ2) is 4.93. The molecule has 2 N–H and O–H groups in total. The van der Waals surface area contributed by atoms with Crippen LogP contribution in [0.3, 0.4) is 0 Å². The van der Waals surface area contributed by atoms with E-state index in [1.54, 1.807) is 6.07 Å². The van der Waals surface area contributed by atoms with Crippen LogP contribution in [0.5, 0.6) is 11.5 Å². The monoisotopic (exact) mass is 283 g/mol. The molecular weight excluding hydrogens is 270 g/mol. The highest BCUT2D eigenvalue weighted by Gasteiger charge is 2.24. The van der Waals surface area contributed by atoms with Crippen LogP contribution in [0.15, 0.2) is 29.7 Å². The topological polar surface area (TPSA) is 92.7 Å². The first kappa shape index (κ1) is 13.4. The number of sulfone groups is 1. The molecular formula is C12H13NO5S. The van der Waals surface area contributed by atoms with Crippen molar-refractivity contribution in [3.05, 3.63) is 35.2 Å². The molecule has 6 nitrogen and oxygen atoms in total. The summed E-state index contributed by atoms with van der Waals surface area (Å²) in [6.07, 6.45) is 1.41. The van der Waals surface area contributed by atoms with Gasteiger partial charge in [0.2, 0.25) is 0 Å². The molecule has 1 aromatic rings. The zero-order chi connectivity index (χ0) is 14.0. The van der Waals surface area contributed by atoms with E-state index in [4.69, 9.17) is 4.74 Å². The number of nitrogens with one attached hydrogen (secondary N) is 1. The van der Waals surface area contributed by atoms with Crippen molar-refractivity contribution < 1.29 is 23.1 Å². The molecule has 2 rings (SSSR count). The number of carbonyl (C=O) groups excluding carboxylic acids is 1. The van der Waals surface area contributed by atoms with Crippen molar-refractivity contribution in [2.45, 2.75) is 6.04 Å². The van der Waals surface area contributed by atoms with E-state index in [0.29, 0.717) is 0 Å². The summed E-state index contributed by atoms with van der Waals surface area (Å²) < 4.78 is 27.3. The minimum absolute atomic E-state index is 0.0389. The van der Waals surface area contributed by atoms with Crippen LogP contribution in [0.25, 0.3) is 0 Å². The van der Waals surface area contributed by atoms with Crippen LogP contribution >= 0.6 is 0 Å². The minimum Gasteiger partial charge on any atom is -0.504 e. The maximum atomic E-state index is 11.9. The molecule has 1 amide bonds. The standard InChI is InChI=1S/C12H13NO5S/c1-18-10-4-2-3-9(11(10)14)12(15)13-8-5-6-19(16,17)7-8/h2-6,8,14H,7H2,1H3,(H,13,15). The number of phenols is 1. The average molecular weight is 283 g/mol. The molecule has 1 atom stereocenters. The quantitative estimate of drug-likeness (QED) is 0.839. The van der Waals surface area contributed by atoms with Gasteiger partial charge in [-0.05, 0) is 18.2 Å². The number of rotatable bonds is 3. The number of amides is 1. The number of hydrogen-bond acceptors (Lipinski definition) is 5. The smallest absolute Gasteiger partial charge is 0.255 e.